The van der Waals surface area contributed by atoms with E-state index >= 15 is 0 Å². The van der Waals surface area contributed by atoms with Gasteiger partial charge in [-0.05, 0) is 51.0 Å². The second-order valence-electron chi connectivity index (χ2n) is 6.28. The Hall–Kier alpha value is -2.41. The Morgan fingerprint density at radius 3 is 2.68 bits per heavy atom. The number of carbonyl (C=O) groups is 1. The highest BCUT2D eigenvalue weighted by Gasteiger charge is 2.28. The fourth-order valence-electron chi connectivity index (χ4n) is 2.61. The van der Waals surface area contributed by atoms with Gasteiger partial charge in [-0.1, -0.05) is 11.8 Å². The van der Waals surface area contributed by atoms with Crippen molar-refractivity contribution in [2.75, 3.05) is 11.1 Å². The molecule has 0 aliphatic heterocycles. The molecule has 1 aromatic carbocycles. The molecular weight excluding hydrogens is 336 g/mol. The number of anilines is 1. The summed E-state index contributed by atoms with van der Waals surface area (Å²) in [5, 5.41) is 3.51. The van der Waals surface area contributed by atoms with Gasteiger partial charge in [0.25, 0.3) is 0 Å². The molecule has 25 heavy (non-hydrogen) atoms. The first kappa shape index (κ1) is 16.1. The Morgan fingerprint density at radius 2 is 1.96 bits per heavy atom. The maximum atomic E-state index is 12.2. The highest BCUT2D eigenvalue weighted by Crippen LogP contribution is 2.40. The van der Waals surface area contributed by atoms with Gasteiger partial charge in [0.2, 0.25) is 5.91 Å². The van der Waals surface area contributed by atoms with Crippen LogP contribution < -0.4 is 5.32 Å². The van der Waals surface area contributed by atoms with Gasteiger partial charge in [0, 0.05) is 23.0 Å². The second kappa shape index (κ2) is 6.48. The largest absolute Gasteiger partial charge is 0.440 e. The number of hydrogen-bond donors (Lipinski definition) is 1. The Balaban J connectivity index is 1.40. The summed E-state index contributed by atoms with van der Waals surface area (Å²) in [6.45, 7) is 3.84. The zero-order valence-electron chi connectivity index (χ0n) is 14.1. The third-order valence-corrected chi connectivity index (χ3v) is 4.76. The lowest BCUT2D eigenvalue weighted by Crippen LogP contribution is -2.14. The van der Waals surface area contributed by atoms with Crippen molar-refractivity contribution < 1.29 is 9.21 Å². The van der Waals surface area contributed by atoms with Crippen LogP contribution in [0.5, 0.6) is 0 Å². The number of amides is 1. The van der Waals surface area contributed by atoms with Crippen molar-refractivity contribution in [2.45, 2.75) is 37.8 Å². The van der Waals surface area contributed by atoms with E-state index in [4.69, 9.17) is 4.42 Å². The summed E-state index contributed by atoms with van der Waals surface area (Å²) in [7, 11) is 0. The van der Waals surface area contributed by atoms with Crippen LogP contribution in [-0.2, 0) is 4.79 Å². The molecule has 3 aromatic rings. The van der Waals surface area contributed by atoms with E-state index in [0.717, 1.165) is 46.9 Å². The SMILES string of the molecule is Cc1cc(C)nc(SCC(=O)Nc2ccc3oc(C4CC4)nc3c2)n1. The first-order valence-corrected chi connectivity index (χ1v) is 9.21. The van der Waals surface area contributed by atoms with E-state index in [1.165, 1.54) is 11.8 Å². The van der Waals surface area contributed by atoms with E-state index in [1.807, 2.05) is 38.1 Å². The van der Waals surface area contributed by atoms with Crippen molar-refractivity contribution >= 4 is 34.5 Å². The van der Waals surface area contributed by atoms with Gasteiger partial charge in [0.15, 0.2) is 16.6 Å². The lowest BCUT2D eigenvalue weighted by Gasteiger charge is -2.05. The monoisotopic (exact) mass is 354 g/mol. The standard InChI is InChI=1S/C18H18N4O2S/c1-10-7-11(2)20-18(19-10)25-9-16(23)21-13-5-6-15-14(8-13)22-17(24-15)12-3-4-12/h5-8,12H,3-4,9H2,1-2H3,(H,21,23). The molecule has 4 rings (SSSR count). The summed E-state index contributed by atoms with van der Waals surface area (Å²) in [4.78, 5) is 25.4. The normalized spacial score (nSPS) is 14.0. The number of carbonyl (C=O) groups excluding carboxylic acids is 1. The molecule has 128 valence electrons. The number of benzene rings is 1. The summed E-state index contributed by atoms with van der Waals surface area (Å²) in [5.41, 5.74) is 4.06. The fraction of sp³-hybridized carbons (Fsp3) is 0.333. The lowest BCUT2D eigenvalue weighted by molar-refractivity contribution is -0.113. The van der Waals surface area contributed by atoms with Crippen LogP contribution in [0.15, 0.2) is 33.8 Å². The van der Waals surface area contributed by atoms with Crippen LogP contribution in [-0.4, -0.2) is 26.6 Å². The number of oxazole rings is 1. The van der Waals surface area contributed by atoms with Crippen LogP contribution in [0.1, 0.15) is 36.0 Å². The van der Waals surface area contributed by atoms with Crippen LogP contribution >= 0.6 is 11.8 Å². The van der Waals surface area contributed by atoms with Gasteiger partial charge >= 0.3 is 0 Å². The maximum Gasteiger partial charge on any atom is 0.234 e. The van der Waals surface area contributed by atoms with E-state index in [9.17, 15) is 4.79 Å². The summed E-state index contributed by atoms with van der Waals surface area (Å²) in [6.07, 6.45) is 2.29. The molecule has 2 heterocycles. The molecule has 2 aromatic heterocycles. The maximum absolute atomic E-state index is 12.2. The number of fused-ring (bicyclic) bond motifs is 1. The number of nitrogens with zero attached hydrogens (tertiary/aromatic N) is 3. The molecule has 0 unspecified atom stereocenters. The van der Waals surface area contributed by atoms with Crippen molar-refractivity contribution in [3.8, 4) is 0 Å². The summed E-state index contributed by atoms with van der Waals surface area (Å²) < 4.78 is 5.74. The average molecular weight is 354 g/mol. The molecule has 1 fully saturated rings. The predicted molar refractivity (Wildman–Crippen MR) is 96.8 cm³/mol. The van der Waals surface area contributed by atoms with Gasteiger partial charge in [0.05, 0.1) is 5.75 Å². The number of rotatable bonds is 5. The number of aryl methyl sites for hydroxylation is 2. The van der Waals surface area contributed by atoms with E-state index in [1.54, 1.807) is 0 Å². The molecular formula is C18H18N4O2S. The van der Waals surface area contributed by atoms with Crippen LogP contribution in [0.3, 0.4) is 0 Å². The molecule has 1 aliphatic rings. The summed E-state index contributed by atoms with van der Waals surface area (Å²) in [5.74, 6) is 1.44. The van der Waals surface area contributed by atoms with E-state index < -0.39 is 0 Å². The van der Waals surface area contributed by atoms with Gasteiger partial charge in [-0.15, -0.1) is 0 Å². The molecule has 7 heteroatoms. The Morgan fingerprint density at radius 1 is 1.20 bits per heavy atom. The Kier molecular flexibility index (Phi) is 4.17. The lowest BCUT2D eigenvalue weighted by atomic mass is 10.3. The molecule has 1 aliphatic carbocycles. The number of thioether (sulfide) groups is 1. The van der Waals surface area contributed by atoms with Crippen LogP contribution in [0.4, 0.5) is 5.69 Å². The number of aromatic nitrogens is 3. The zero-order chi connectivity index (χ0) is 17.4. The molecule has 0 atom stereocenters. The summed E-state index contributed by atoms with van der Waals surface area (Å²) in [6, 6.07) is 7.44. The Bertz CT molecular complexity index is 929. The van der Waals surface area contributed by atoms with Gasteiger partial charge < -0.3 is 9.73 Å². The zero-order valence-corrected chi connectivity index (χ0v) is 14.9. The quantitative estimate of drug-likeness (QED) is 0.554. The summed E-state index contributed by atoms with van der Waals surface area (Å²) >= 11 is 1.33. The number of hydrogen-bond acceptors (Lipinski definition) is 6. The second-order valence-corrected chi connectivity index (χ2v) is 7.22. The molecule has 1 N–H and O–H groups in total. The third-order valence-electron chi connectivity index (χ3n) is 3.91. The van der Waals surface area contributed by atoms with E-state index in [0.29, 0.717) is 11.1 Å². The minimum atomic E-state index is -0.0991. The molecule has 0 spiro atoms. The molecule has 0 bridgehead atoms. The fourth-order valence-corrected chi connectivity index (χ4v) is 3.36. The van der Waals surface area contributed by atoms with Gasteiger partial charge in [-0.2, -0.15) is 0 Å². The van der Waals surface area contributed by atoms with Gasteiger partial charge in [-0.3, -0.25) is 4.79 Å². The van der Waals surface area contributed by atoms with Crippen molar-refractivity contribution in [3.05, 3.63) is 41.5 Å². The highest BCUT2D eigenvalue weighted by molar-refractivity contribution is 7.99. The van der Waals surface area contributed by atoms with Gasteiger partial charge in [0.1, 0.15) is 5.52 Å². The minimum absolute atomic E-state index is 0.0991. The Labute approximate surface area is 149 Å². The topological polar surface area (TPSA) is 80.9 Å². The predicted octanol–water partition coefficient (Wildman–Crippen LogP) is 3.84. The van der Waals surface area contributed by atoms with Crippen molar-refractivity contribution in [3.63, 3.8) is 0 Å². The molecule has 0 saturated heterocycles. The van der Waals surface area contributed by atoms with Crippen molar-refractivity contribution in [1.82, 2.24) is 15.0 Å². The van der Waals surface area contributed by atoms with Crippen LogP contribution in [0.25, 0.3) is 11.1 Å². The van der Waals surface area contributed by atoms with Gasteiger partial charge in [-0.25, -0.2) is 15.0 Å². The molecule has 1 saturated carbocycles. The first-order valence-electron chi connectivity index (χ1n) is 8.22. The third kappa shape index (κ3) is 3.82. The minimum Gasteiger partial charge on any atom is -0.440 e. The van der Waals surface area contributed by atoms with Crippen LogP contribution in [0, 0.1) is 13.8 Å². The first-order chi connectivity index (χ1) is 12.1. The number of nitrogens with one attached hydrogen (secondary N) is 1. The highest BCUT2D eigenvalue weighted by atomic mass is 32.2. The smallest absolute Gasteiger partial charge is 0.234 e. The molecule has 6 nitrogen and oxygen atoms in total. The van der Waals surface area contributed by atoms with Crippen molar-refractivity contribution in [2.24, 2.45) is 0 Å². The average Bonchev–Trinajstić information content (AvgIpc) is 3.32. The van der Waals surface area contributed by atoms with E-state index in [2.05, 4.69) is 20.3 Å². The molecule has 1 amide bonds. The van der Waals surface area contributed by atoms with Crippen LogP contribution in [0.2, 0.25) is 0 Å². The molecule has 0 radical (unpaired) electrons. The van der Waals surface area contributed by atoms with Crippen molar-refractivity contribution in [1.29, 1.82) is 0 Å². The van der Waals surface area contributed by atoms with E-state index in [-0.39, 0.29) is 11.7 Å².